The Hall–Kier alpha value is -1.66. The van der Waals surface area contributed by atoms with Gasteiger partial charge in [-0.15, -0.1) is 5.10 Å². The standard InChI is InChI=1S/C12H17N5O/c1-9-2-3-11-15-12(16-17(11)8-9)14-7-10-6-13-4-5-18-10/h2-3,8,10,13H,4-7H2,1H3,(H,14,16). The predicted molar refractivity (Wildman–Crippen MR) is 68.8 cm³/mol. The van der Waals surface area contributed by atoms with E-state index < -0.39 is 0 Å². The molecule has 1 fully saturated rings. The minimum Gasteiger partial charge on any atom is -0.374 e. The van der Waals surface area contributed by atoms with Crippen LogP contribution >= 0.6 is 0 Å². The van der Waals surface area contributed by atoms with Crippen molar-refractivity contribution in [2.24, 2.45) is 0 Å². The van der Waals surface area contributed by atoms with Gasteiger partial charge in [-0.25, -0.2) is 4.52 Å². The van der Waals surface area contributed by atoms with Gasteiger partial charge in [-0.05, 0) is 18.6 Å². The maximum atomic E-state index is 5.61. The largest absolute Gasteiger partial charge is 0.374 e. The van der Waals surface area contributed by atoms with Crippen LogP contribution in [0, 0.1) is 6.92 Å². The highest BCUT2D eigenvalue weighted by Gasteiger charge is 2.13. The van der Waals surface area contributed by atoms with E-state index in [4.69, 9.17) is 4.74 Å². The van der Waals surface area contributed by atoms with Crippen LogP contribution in [0.15, 0.2) is 18.3 Å². The van der Waals surface area contributed by atoms with Crippen molar-refractivity contribution in [1.29, 1.82) is 0 Å². The van der Waals surface area contributed by atoms with E-state index in [1.807, 2.05) is 25.3 Å². The lowest BCUT2D eigenvalue weighted by molar-refractivity contribution is 0.0371. The quantitative estimate of drug-likeness (QED) is 0.824. The summed E-state index contributed by atoms with van der Waals surface area (Å²) in [5, 5.41) is 10.9. The van der Waals surface area contributed by atoms with Gasteiger partial charge in [0, 0.05) is 25.8 Å². The fourth-order valence-corrected chi connectivity index (χ4v) is 2.02. The van der Waals surface area contributed by atoms with Crippen molar-refractivity contribution in [3.63, 3.8) is 0 Å². The molecule has 2 aromatic heterocycles. The highest BCUT2D eigenvalue weighted by atomic mass is 16.5. The third-order valence-electron chi connectivity index (χ3n) is 2.97. The SMILES string of the molecule is Cc1ccc2nc(NCC3CNCCO3)nn2c1. The average molecular weight is 247 g/mol. The van der Waals surface area contributed by atoms with Gasteiger partial charge in [-0.3, -0.25) is 0 Å². The van der Waals surface area contributed by atoms with Crippen LogP contribution in [0.5, 0.6) is 0 Å². The molecule has 96 valence electrons. The maximum absolute atomic E-state index is 5.61. The smallest absolute Gasteiger partial charge is 0.243 e. The van der Waals surface area contributed by atoms with E-state index in [1.54, 1.807) is 4.52 Å². The zero-order chi connectivity index (χ0) is 12.4. The van der Waals surface area contributed by atoms with Crippen molar-refractivity contribution in [3.8, 4) is 0 Å². The van der Waals surface area contributed by atoms with Gasteiger partial charge < -0.3 is 15.4 Å². The predicted octanol–water partition coefficient (Wildman–Crippen LogP) is 0.438. The van der Waals surface area contributed by atoms with Gasteiger partial charge in [0.25, 0.3) is 0 Å². The minimum atomic E-state index is 0.187. The van der Waals surface area contributed by atoms with Crippen molar-refractivity contribution in [3.05, 3.63) is 23.9 Å². The van der Waals surface area contributed by atoms with Crippen LogP contribution in [-0.2, 0) is 4.74 Å². The summed E-state index contributed by atoms with van der Waals surface area (Å²) in [4.78, 5) is 4.40. The number of hydrogen-bond acceptors (Lipinski definition) is 5. The zero-order valence-corrected chi connectivity index (χ0v) is 10.4. The number of nitrogens with one attached hydrogen (secondary N) is 2. The molecule has 18 heavy (non-hydrogen) atoms. The molecule has 2 N–H and O–H groups in total. The van der Waals surface area contributed by atoms with Crippen molar-refractivity contribution < 1.29 is 4.74 Å². The second-order valence-corrected chi connectivity index (χ2v) is 4.52. The van der Waals surface area contributed by atoms with Crippen LogP contribution in [0.3, 0.4) is 0 Å². The van der Waals surface area contributed by atoms with Crippen LogP contribution in [0.1, 0.15) is 5.56 Å². The number of ether oxygens (including phenoxy) is 1. The molecular weight excluding hydrogens is 230 g/mol. The number of fused-ring (bicyclic) bond motifs is 1. The lowest BCUT2D eigenvalue weighted by atomic mass is 10.3. The summed E-state index contributed by atoms with van der Waals surface area (Å²) in [5.41, 5.74) is 2.02. The van der Waals surface area contributed by atoms with Gasteiger partial charge in [0.2, 0.25) is 5.95 Å². The summed E-state index contributed by atoms with van der Waals surface area (Å²) in [6.45, 7) is 5.34. The fraction of sp³-hybridized carbons (Fsp3) is 0.500. The molecule has 0 saturated carbocycles. The third kappa shape index (κ3) is 2.44. The summed E-state index contributed by atoms with van der Waals surface area (Å²) in [6, 6.07) is 3.99. The van der Waals surface area contributed by atoms with Gasteiger partial charge in [0.1, 0.15) is 0 Å². The van der Waals surface area contributed by atoms with Crippen molar-refractivity contribution in [2.45, 2.75) is 13.0 Å². The molecule has 1 unspecified atom stereocenters. The number of anilines is 1. The highest BCUT2D eigenvalue weighted by molar-refractivity contribution is 5.44. The molecule has 1 atom stereocenters. The van der Waals surface area contributed by atoms with Crippen LogP contribution in [0.2, 0.25) is 0 Å². The van der Waals surface area contributed by atoms with Crippen molar-refractivity contribution in [1.82, 2.24) is 19.9 Å². The van der Waals surface area contributed by atoms with Crippen molar-refractivity contribution >= 4 is 11.6 Å². The lowest BCUT2D eigenvalue weighted by Crippen LogP contribution is -2.42. The molecule has 0 bridgehead atoms. The number of pyridine rings is 1. The number of aromatic nitrogens is 3. The number of hydrogen-bond donors (Lipinski definition) is 2. The second kappa shape index (κ2) is 4.91. The molecule has 0 amide bonds. The van der Waals surface area contributed by atoms with Gasteiger partial charge in [0.15, 0.2) is 5.65 Å². The molecule has 0 radical (unpaired) electrons. The first-order valence-electron chi connectivity index (χ1n) is 6.20. The van der Waals surface area contributed by atoms with Crippen LogP contribution in [0.4, 0.5) is 5.95 Å². The minimum absolute atomic E-state index is 0.187. The Morgan fingerprint density at radius 3 is 3.33 bits per heavy atom. The summed E-state index contributed by atoms with van der Waals surface area (Å²) >= 11 is 0. The van der Waals surface area contributed by atoms with E-state index in [1.165, 1.54) is 5.56 Å². The number of morpholine rings is 1. The van der Waals surface area contributed by atoms with Gasteiger partial charge in [-0.2, -0.15) is 4.98 Å². The average Bonchev–Trinajstić information content (AvgIpc) is 2.79. The molecule has 3 rings (SSSR count). The molecule has 0 aromatic carbocycles. The third-order valence-corrected chi connectivity index (χ3v) is 2.97. The molecule has 6 heteroatoms. The first kappa shape index (κ1) is 11.4. The monoisotopic (exact) mass is 247 g/mol. The van der Waals surface area contributed by atoms with Gasteiger partial charge >= 0.3 is 0 Å². The Bertz CT molecular complexity index is 532. The van der Waals surface area contributed by atoms with Crippen molar-refractivity contribution in [2.75, 3.05) is 31.6 Å². The Balaban J connectivity index is 1.67. The molecule has 2 aromatic rings. The lowest BCUT2D eigenvalue weighted by Gasteiger charge is -2.23. The van der Waals surface area contributed by atoms with E-state index in [9.17, 15) is 0 Å². The maximum Gasteiger partial charge on any atom is 0.243 e. The number of nitrogens with zero attached hydrogens (tertiary/aromatic N) is 3. The second-order valence-electron chi connectivity index (χ2n) is 4.52. The first-order valence-corrected chi connectivity index (χ1v) is 6.20. The summed E-state index contributed by atoms with van der Waals surface area (Å²) in [6.07, 6.45) is 2.15. The molecule has 6 nitrogen and oxygen atoms in total. The number of aryl methyl sites for hydroxylation is 1. The van der Waals surface area contributed by atoms with Gasteiger partial charge in [-0.1, -0.05) is 6.07 Å². The molecular formula is C12H17N5O. The summed E-state index contributed by atoms with van der Waals surface area (Å²) in [5.74, 6) is 0.648. The van der Waals surface area contributed by atoms with Crippen LogP contribution in [0.25, 0.3) is 5.65 Å². The molecule has 1 saturated heterocycles. The normalized spacial score (nSPS) is 20.2. The van der Waals surface area contributed by atoms with E-state index in [0.717, 1.165) is 31.9 Å². The topological polar surface area (TPSA) is 63.5 Å². The first-order chi connectivity index (χ1) is 8.81. The Morgan fingerprint density at radius 1 is 1.56 bits per heavy atom. The van der Waals surface area contributed by atoms with Crippen LogP contribution in [-0.4, -0.2) is 46.9 Å². The summed E-state index contributed by atoms with van der Waals surface area (Å²) < 4.78 is 7.39. The zero-order valence-electron chi connectivity index (χ0n) is 10.4. The molecule has 0 aliphatic carbocycles. The van der Waals surface area contributed by atoms with E-state index in [2.05, 4.69) is 20.7 Å². The fourth-order valence-electron chi connectivity index (χ4n) is 2.02. The molecule has 3 heterocycles. The Morgan fingerprint density at radius 2 is 2.50 bits per heavy atom. The highest BCUT2D eigenvalue weighted by Crippen LogP contribution is 2.07. The molecule has 1 aliphatic rings. The van der Waals surface area contributed by atoms with Gasteiger partial charge in [0.05, 0.1) is 12.7 Å². The van der Waals surface area contributed by atoms with E-state index in [0.29, 0.717) is 5.95 Å². The molecule has 0 spiro atoms. The number of rotatable bonds is 3. The van der Waals surface area contributed by atoms with E-state index in [-0.39, 0.29) is 6.10 Å². The Labute approximate surface area is 105 Å². The van der Waals surface area contributed by atoms with Crippen LogP contribution < -0.4 is 10.6 Å². The Kier molecular flexibility index (Phi) is 3.12. The van der Waals surface area contributed by atoms with E-state index >= 15 is 0 Å². The summed E-state index contributed by atoms with van der Waals surface area (Å²) in [7, 11) is 0. The molecule has 1 aliphatic heterocycles.